The van der Waals surface area contributed by atoms with Crippen LogP contribution in [-0.4, -0.2) is 14.2 Å². The van der Waals surface area contributed by atoms with Gasteiger partial charge in [-0.2, -0.15) is 4.39 Å². The molecular weight excluding hydrogens is 239 g/mol. The van der Waals surface area contributed by atoms with E-state index in [4.69, 9.17) is 9.47 Å². The van der Waals surface area contributed by atoms with Gasteiger partial charge in [0.25, 0.3) is 0 Å². The van der Waals surface area contributed by atoms with Crippen LogP contribution in [-0.2, 0) is 5.33 Å². The van der Waals surface area contributed by atoms with Crippen molar-refractivity contribution in [2.24, 2.45) is 0 Å². The van der Waals surface area contributed by atoms with Gasteiger partial charge >= 0.3 is 0 Å². The number of alkyl halides is 1. The molecule has 0 saturated carbocycles. The Morgan fingerprint density at radius 2 is 1.69 bits per heavy atom. The lowest BCUT2D eigenvalue weighted by molar-refractivity contribution is 0.350. The second-order valence-corrected chi connectivity index (χ2v) is 3.01. The van der Waals surface area contributed by atoms with E-state index in [1.807, 2.05) is 0 Å². The first-order valence-corrected chi connectivity index (χ1v) is 4.81. The standard InChI is InChI=1S/C9H10BrFO2/c1-12-7-3-6(5-10)4-8(13-2)9(7)11/h3-4H,5H2,1-2H3. The van der Waals surface area contributed by atoms with Gasteiger partial charge < -0.3 is 9.47 Å². The Morgan fingerprint density at radius 1 is 1.23 bits per heavy atom. The van der Waals surface area contributed by atoms with Gasteiger partial charge in [-0.3, -0.25) is 0 Å². The van der Waals surface area contributed by atoms with Gasteiger partial charge in [-0.25, -0.2) is 0 Å². The van der Waals surface area contributed by atoms with E-state index < -0.39 is 5.82 Å². The van der Waals surface area contributed by atoms with E-state index in [0.29, 0.717) is 5.33 Å². The molecule has 0 radical (unpaired) electrons. The summed E-state index contributed by atoms with van der Waals surface area (Å²) in [6.07, 6.45) is 0. The molecule has 0 bridgehead atoms. The van der Waals surface area contributed by atoms with Crippen molar-refractivity contribution in [1.82, 2.24) is 0 Å². The van der Waals surface area contributed by atoms with Crippen molar-refractivity contribution in [1.29, 1.82) is 0 Å². The average Bonchev–Trinajstić information content (AvgIpc) is 2.18. The predicted octanol–water partition coefficient (Wildman–Crippen LogP) is 2.74. The molecule has 0 heterocycles. The molecule has 1 aromatic carbocycles. The molecule has 4 heteroatoms. The van der Waals surface area contributed by atoms with E-state index in [1.54, 1.807) is 12.1 Å². The Kier molecular flexibility index (Phi) is 3.54. The van der Waals surface area contributed by atoms with E-state index >= 15 is 0 Å². The lowest BCUT2D eigenvalue weighted by atomic mass is 10.2. The van der Waals surface area contributed by atoms with Gasteiger partial charge in [0.2, 0.25) is 5.82 Å². The van der Waals surface area contributed by atoms with Crippen LogP contribution in [0.15, 0.2) is 12.1 Å². The summed E-state index contributed by atoms with van der Waals surface area (Å²) >= 11 is 3.28. The highest BCUT2D eigenvalue weighted by molar-refractivity contribution is 9.08. The molecule has 72 valence electrons. The van der Waals surface area contributed by atoms with Crippen molar-refractivity contribution >= 4 is 15.9 Å². The second-order valence-electron chi connectivity index (χ2n) is 2.45. The highest BCUT2D eigenvalue weighted by atomic mass is 79.9. The van der Waals surface area contributed by atoms with Crippen LogP contribution in [0.4, 0.5) is 4.39 Å². The molecule has 0 aliphatic carbocycles. The molecule has 0 spiro atoms. The zero-order valence-electron chi connectivity index (χ0n) is 7.43. The maximum absolute atomic E-state index is 13.3. The third-order valence-corrected chi connectivity index (χ3v) is 2.31. The van der Waals surface area contributed by atoms with Gasteiger partial charge in [0.15, 0.2) is 11.5 Å². The Bertz CT molecular complexity index is 277. The number of rotatable bonds is 3. The molecule has 0 aliphatic rings. The summed E-state index contributed by atoms with van der Waals surface area (Å²) in [6, 6.07) is 3.26. The molecule has 1 rings (SSSR count). The number of methoxy groups -OCH3 is 2. The molecule has 0 aromatic heterocycles. The smallest absolute Gasteiger partial charge is 0.206 e. The number of benzene rings is 1. The minimum Gasteiger partial charge on any atom is -0.494 e. The predicted molar refractivity (Wildman–Crippen MR) is 52.1 cm³/mol. The highest BCUT2D eigenvalue weighted by Crippen LogP contribution is 2.29. The van der Waals surface area contributed by atoms with E-state index in [-0.39, 0.29) is 11.5 Å². The number of ether oxygens (including phenoxy) is 2. The molecule has 0 fully saturated rings. The fourth-order valence-corrected chi connectivity index (χ4v) is 1.32. The third-order valence-electron chi connectivity index (χ3n) is 1.66. The number of halogens is 2. The van der Waals surface area contributed by atoms with Crippen molar-refractivity contribution in [3.8, 4) is 11.5 Å². The fourth-order valence-electron chi connectivity index (χ4n) is 1.00. The Labute approximate surface area is 84.8 Å². The van der Waals surface area contributed by atoms with Gasteiger partial charge in [-0.15, -0.1) is 0 Å². The van der Waals surface area contributed by atoms with Gasteiger partial charge in [-0.05, 0) is 17.7 Å². The van der Waals surface area contributed by atoms with Gasteiger partial charge in [-0.1, -0.05) is 15.9 Å². The van der Waals surface area contributed by atoms with E-state index in [2.05, 4.69) is 15.9 Å². The summed E-state index contributed by atoms with van der Waals surface area (Å²) in [7, 11) is 2.85. The van der Waals surface area contributed by atoms with Crippen molar-refractivity contribution in [2.75, 3.05) is 14.2 Å². The lowest BCUT2D eigenvalue weighted by Gasteiger charge is -2.08. The second kappa shape index (κ2) is 4.46. The van der Waals surface area contributed by atoms with Crippen LogP contribution >= 0.6 is 15.9 Å². The van der Waals surface area contributed by atoms with Crippen LogP contribution < -0.4 is 9.47 Å². The topological polar surface area (TPSA) is 18.5 Å². The SMILES string of the molecule is COc1cc(CBr)cc(OC)c1F. The van der Waals surface area contributed by atoms with Crippen LogP contribution in [0.25, 0.3) is 0 Å². The van der Waals surface area contributed by atoms with Gasteiger partial charge in [0.1, 0.15) is 0 Å². The first-order chi connectivity index (χ1) is 6.22. The average molecular weight is 249 g/mol. The summed E-state index contributed by atoms with van der Waals surface area (Å²) < 4.78 is 23.0. The highest BCUT2D eigenvalue weighted by Gasteiger charge is 2.10. The monoisotopic (exact) mass is 248 g/mol. The van der Waals surface area contributed by atoms with Crippen molar-refractivity contribution in [3.63, 3.8) is 0 Å². The maximum Gasteiger partial charge on any atom is 0.206 e. The molecule has 0 atom stereocenters. The minimum absolute atomic E-state index is 0.203. The summed E-state index contributed by atoms with van der Waals surface area (Å²) in [5.41, 5.74) is 0.912. The zero-order valence-corrected chi connectivity index (χ0v) is 9.02. The molecule has 0 amide bonds. The maximum atomic E-state index is 13.3. The lowest BCUT2D eigenvalue weighted by Crippen LogP contribution is -1.95. The Hall–Kier alpha value is -0.770. The van der Waals surface area contributed by atoms with Crippen LogP contribution in [0.3, 0.4) is 0 Å². The van der Waals surface area contributed by atoms with Crippen LogP contribution in [0.1, 0.15) is 5.56 Å². The van der Waals surface area contributed by atoms with Gasteiger partial charge in [0, 0.05) is 5.33 Å². The van der Waals surface area contributed by atoms with E-state index in [0.717, 1.165) is 5.56 Å². The van der Waals surface area contributed by atoms with Crippen LogP contribution in [0.2, 0.25) is 0 Å². The largest absolute Gasteiger partial charge is 0.494 e. The summed E-state index contributed by atoms with van der Waals surface area (Å²) in [4.78, 5) is 0. The number of hydrogen-bond donors (Lipinski definition) is 0. The summed E-state index contributed by atoms with van der Waals surface area (Å²) in [6.45, 7) is 0. The van der Waals surface area contributed by atoms with Gasteiger partial charge in [0.05, 0.1) is 14.2 Å². The zero-order chi connectivity index (χ0) is 9.84. The Morgan fingerprint density at radius 3 is 2.00 bits per heavy atom. The quantitative estimate of drug-likeness (QED) is 0.767. The van der Waals surface area contributed by atoms with Crippen LogP contribution in [0.5, 0.6) is 11.5 Å². The first kappa shape index (κ1) is 10.3. The Balaban J connectivity index is 3.20. The molecule has 0 N–H and O–H groups in total. The van der Waals surface area contributed by atoms with E-state index in [9.17, 15) is 4.39 Å². The fraction of sp³-hybridized carbons (Fsp3) is 0.333. The molecule has 13 heavy (non-hydrogen) atoms. The molecule has 0 saturated heterocycles. The first-order valence-electron chi connectivity index (χ1n) is 3.69. The summed E-state index contributed by atoms with van der Waals surface area (Å²) in [5, 5.41) is 0.639. The molecule has 2 nitrogen and oxygen atoms in total. The summed E-state index contributed by atoms with van der Waals surface area (Å²) in [5.74, 6) is -0.0581. The van der Waals surface area contributed by atoms with Crippen LogP contribution in [0, 0.1) is 5.82 Å². The number of hydrogen-bond acceptors (Lipinski definition) is 2. The molecule has 0 unspecified atom stereocenters. The van der Waals surface area contributed by atoms with Crippen molar-refractivity contribution in [3.05, 3.63) is 23.5 Å². The van der Waals surface area contributed by atoms with Crippen molar-refractivity contribution < 1.29 is 13.9 Å². The van der Waals surface area contributed by atoms with Crippen molar-refractivity contribution in [2.45, 2.75) is 5.33 Å². The third kappa shape index (κ3) is 2.12. The molecule has 0 aliphatic heterocycles. The molecular formula is C9H10BrFO2. The normalized spacial score (nSPS) is 9.85. The molecule has 1 aromatic rings. The minimum atomic E-state index is -0.463. The van der Waals surface area contributed by atoms with E-state index in [1.165, 1.54) is 14.2 Å².